The Morgan fingerprint density at radius 2 is 1.54 bits per heavy atom. The zero-order valence-corrected chi connectivity index (χ0v) is 15.8. The van der Waals surface area contributed by atoms with Crippen LogP contribution in [0.5, 0.6) is 0 Å². The Bertz CT molecular complexity index is 1020. The standard InChI is InChI=1S/C23H19ClN2O2/c24-15-7-5-6-14(12-15)13-20(22(25)27)26-23(28)21-18-10-3-1-8-16(18)17-9-2-4-11-19(17)21/h1-12,20-21H,13H2,(H2,25,27)(H,26,28)/t20-/m0/s1. The maximum atomic E-state index is 13.2. The van der Waals surface area contributed by atoms with Gasteiger partial charge < -0.3 is 11.1 Å². The fourth-order valence-corrected chi connectivity index (χ4v) is 4.03. The summed E-state index contributed by atoms with van der Waals surface area (Å²) in [6.45, 7) is 0. The van der Waals surface area contributed by atoms with Gasteiger partial charge in [-0.25, -0.2) is 0 Å². The molecule has 0 unspecified atom stereocenters. The van der Waals surface area contributed by atoms with Gasteiger partial charge in [-0.3, -0.25) is 9.59 Å². The first-order valence-electron chi connectivity index (χ1n) is 9.07. The van der Waals surface area contributed by atoms with Crippen molar-refractivity contribution in [2.24, 2.45) is 5.73 Å². The van der Waals surface area contributed by atoms with Crippen molar-refractivity contribution in [3.05, 3.63) is 94.5 Å². The summed E-state index contributed by atoms with van der Waals surface area (Å²) in [6.07, 6.45) is 0.289. The first-order chi connectivity index (χ1) is 13.5. The molecule has 0 radical (unpaired) electrons. The third-order valence-corrected chi connectivity index (χ3v) is 5.32. The fraction of sp³-hybridized carbons (Fsp3) is 0.130. The van der Waals surface area contributed by atoms with E-state index < -0.39 is 17.9 Å². The lowest BCUT2D eigenvalue weighted by Crippen LogP contribution is -2.47. The molecule has 5 heteroatoms. The summed E-state index contributed by atoms with van der Waals surface area (Å²) in [7, 11) is 0. The lowest BCUT2D eigenvalue weighted by atomic mass is 9.95. The second-order valence-electron chi connectivity index (χ2n) is 6.91. The second kappa shape index (κ2) is 7.49. The van der Waals surface area contributed by atoms with Crippen molar-refractivity contribution in [3.8, 4) is 11.1 Å². The number of nitrogens with two attached hydrogens (primary N) is 1. The van der Waals surface area contributed by atoms with E-state index in [4.69, 9.17) is 17.3 Å². The van der Waals surface area contributed by atoms with Crippen LogP contribution < -0.4 is 11.1 Å². The highest BCUT2D eigenvalue weighted by molar-refractivity contribution is 6.30. The molecule has 0 aromatic heterocycles. The highest BCUT2D eigenvalue weighted by atomic mass is 35.5. The van der Waals surface area contributed by atoms with Crippen LogP contribution in [-0.4, -0.2) is 17.9 Å². The van der Waals surface area contributed by atoms with Crippen LogP contribution in [0.25, 0.3) is 11.1 Å². The summed E-state index contributed by atoms with van der Waals surface area (Å²) >= 11 is 6.03. The fourth-order valence-electron chi connectivity index (χ4n) is 3.82. The van der Waals surface area contributed by atoms with E-state index in [1.165, 1.54) is 0 Å². The van der Waals surface area contributed by atoms with Crippen molar-refractivity contribution in [3.63, 3.8) is 0 Å². The Balaban J connectivity index is 1.62. The third kappa shape index (κ3) is 3.39. The summed E-state index contributed by atoms with van der Waals surface area (Å²) in [5.74, 6) is -1.27. The quantitative estimate of drug-likeness (QED) is 0.697. The van der Waals surface area contributed by atoms with Gasteiger partial charge in [0.1, 0.15) is 6.04 Å². The first kappa shape index (κ1) is 18.3. The molecule has 3 aromatic carbocycles. The molecular formula is C23H19ClN2O2. The van der Waals surface area contributed by atoms with Crippen molar-refractivity contribution in [1.82, 2.24) is 5.32 Å². The van der Waals surface area contributed by atoms with Gasteiger partial charge in [0.05, 0.1) is 5.92 Å². The molecule has 0 heterocycles. The normalized spacial score (nSPS) is 13.5. The minimum atomic E-state index is -0.814. The minimum absolute atomic E-state index is 0.233. The molecule has 0 saturated heterocycles. The van der Waals surface area contributed by atoms with Crippen molar-refractivity contribution in [2.45, 2.75) is 18.4 Å². The number of halogens is 1. The zero-order valence-electron chi connectivity index (χ0n) is 15.1. The molecule has 0 bridgehead atoms. The molecule has 4 rings (SSSR count). The van der Waals surface area contributed by atoms with Crippen LogP contribution in [0, 0.1) is 0 Å². The topological polar surface area (TPSA) is 72.2 Å². The van der Waals surface area contributed by atoms with Gasteiger partial charge in [0.25, 0.3) is 0 Å². The van der Waals surface area contributed by atoms with Crippen LogP contribution in [-0.2, 0) is 16.0 Å². The molecule has 3 N–H and O–H groups in total. The lowest BCUT2D eigenvalue weighted by molar-refractivity contribution is -0.127. The van der Waals surface area contributed by atoms with Crippen LogP contribution in [0.4, 0.5) is 0 Å². The maximum Gasteiger partial charge on any atom is 0.240 e. The van der Waals surface area contributed by atoms with Gasteiger partial charge in [-0.2, -0.15) is 0 Å². The number of hydrogen-bond donors (Lipinski definition) is 2. The highest BCUT2D eigenvalue weighted by Gasteiger charge is 2.34. The zero-order chi connectivity index (χ0) is 19.7. The molecule has 140 valence electrons. The van der Waals surface area contributed by atoms with Crippen molar-refractivity contribution < 1.29 is 9.59 Å². The second-order valence-corrected chi connectivity index (χ2v) is 7.34. The predicted molar refractivity (Wildman–Crippen MR) is 110 cm³/mol. The van der Waals surface area contributed by atoms with Crippen molar-refractivity contribution >= 4 is 23.4 Å². The van der Waals surface area contributed by atoms with E-state index in [2.05, 4.69) is 5.32 Å². The number of carbonyl (C=O) groups excluding carboxylic acids is 2. The van der Waals surface area contributed by atoms with Crippen LogP contribution >= 0.6 is 11.6 Å². The van der Waals surface area contributed by atoms with E-state index in [0.717, 1.165) is 27.8 Å². The number of fused-ring (bicyclic) bond motifs is 3. The van der Waals surface area contributed by atoms with Gasteiger partial charge in [0.2, 0.25) is 11.8 Å². The van der Waals surface area contributed by atoms with Crippen LogP contribution in [0.1, 0.15) is 22.6 Å². The van der Waals surface area contributed by atoms with E-state index in [9.17, 15) is 9.59 Å². The average Bonchev–Trinajstić information content (AvgIpc) is 3.02. The summed E-state index contributed by atoms with van der Waals surface area (Å²) in [6, 6.07) is 22.1. The van der Waals surface area contributed by atoms with E-state index >= 15 is 0 Å². The van der Waals surface area contributed by atoms with Gasteiger partial charge in [0, 0.05) is 11.4 Å². The molecule has 1 aliphatic rings. The molecule has 2 amide bonds. The van der Waals surface area contributed by atoms with Gasteiger partial charge in [-0.05, 0) is 39.9 Å². The molecule has 3 aromatic rings. The van der Waals surface area contributed by atoms with E-state index in [1.807, 2.05) is 54.6 Å². The Morgan fingerprint density at radius 3 is 2.11 bits per heavy atom. The first-order valence-corrected chi connectivity index (χ1v) is 9.45. The van der Waals surface area contributed by atoms with E-state index in [1.54, 1.807) is 18.2 Å². The Labute approximate surface area is 168 Å². The monoisotopic (exact) mass is 390 g/mol. The molecule has 0 aliphatic heterocycles. The number of rotatable bonds is 5. The summed E-state index contributed by atoms with van der Waals surface area (Å²) < 4.78 is 0. The van der Waals surface area contributed by atoms with Crippen molar-refractivity contribution in [1.29, 1.82) is 0 Å². The van der Waals surface area contributed by atoms with Gasteiger partial charge in [-0.1, -0.05) is 72.3 Å². The van der Waals surface area contributed by atoms with E-state index in [-0.39, 0.29) is 12.3 Å². The van der Waals surface area contributed by atoms with Crippen LogP contribution in [0.2, 0.25) is 5.02 Å². The molecule has 0 spiro atoms. The SMILES string of the molecule is NC(=O)[C@H](Cc1cccc(Cl)c1)NC(=O)C1c2ccccc2-c2ccccc21. The molecule has 4 nitrogen and oxygen atoms in total. The molecule has 1 atom stereocenters. The number of primary amides is 1. The summed E-state index contributed by atoms with van der Waals surface area (Å²) in [4.78, 5) is 25.2. The third-order valence-electron chi connectivity index (χ3n) is 5.08. The molecular weight excluding hydrogens is 372 g/mol. The minimum Gasteiger partial charge on any atom is -0.368 e. The smallest absolute Gasteiger partial charge is 0.240 e. The van der Waals surface area contributed by atoms with Crippen molar-refractivity contribution in [2.75, 3.05) is 0 Å². The summed E-state index contributed by atoms with van der Waals surface area (Å²) in [5, 5.41) is 3.43. The number of nitrogens with one attached hydrogen (secondary N) is 1. The van der Waals surface area contributed by atoms with Gasteiger partial charge >= 0.3 is 0 Å². The number of hydrogen-bond acceptors (Lipinski definition) is 2. The Morgan fingerprint density at radius 1 is 0.929 bits per heavy atom. The number of benzene rings is 3. The number of carbonyl (C=O) groups is 2. The van der Waals surface area contributed by atoms with Gasteiger partial charge in [-0.15, -0.1) is 0 Å². The predicted octanol–water partition coefficient (Wildman–Crippen LogP) is 3.67. The number of amides is 2. The van der Waals surface area contributed by atoms with Crippen LogP contribution in [0.15, 0.2) is 72.8 Å². The molecule has 1 aliphatic carbocycles. The molecule has 0 fully saturated rings. The van der Waals surface area contributed by atoms with Gasteiger partial charge in [0.15, 0.2) is 0 Å². The Hall–Kier alpha value is -3.11. The maximum absolute atomic E-state index is 13.2. The lowest BCUT2D eigenvalue weighted by Gasteiger charge is -2.20. The molecule has 0 saturated carbocycles. The average molecular weight is 391 g/mol. The largest absolute Gasteiger partial charge is 0.368 e. The van der Waals surface area contributed by atoms with Crippen LogP contribution in [0.3, 0.4) is 0 Å². The van der Waals surface area contributed by atoms with E-state index in [0.29, 0.717) is 5.02 Å². The summed E-state index contributed by atoms with van der Waals surface area (Å²) in [5.41, 5.74) is 10.4. The molecule has 28 heavy (non-hydrogen) atoms. The Kier molecular flexibility index (Phi) is 4.88. The highest BCUT2D eigenvalue weighted by Crippen LogP contribution is 2.44.